The van der Waals surface area contributed by atoms with Gasteiger partial charge in [-0.2, -0.15) is 0 Å². The minimum atomic E-state index is 0.0514. The van der Waals surface area contributed by atoms with Crippen LogP contribution in [0.15, 0.2) is 57.9 Å². The average molecular weight is 321 g/mol. The molecule has 0 saturated carbocycles. The number of carbonyl (C=O) groups excluding carboxylic acids is 1. The third-order valence-electron chi connectivity index (χ3n) is 2.55. The summed E-state index contributed by atoms with van der Waals surface area (Å²) in [6, 6.07) is 15.3. The van der Waals surface area contributed by atoms with Crippen LogP contribution in [0.4, 0.5) is 0 Å². The van der Waals surface area contributed by atoms with Crippen LogP contribution in [0, 0.1) is 0 Å². The maximum atomic E-state index is 12.3. The Balaban J connectivity index is 2.27. The van der Waals surface area contributed by atoms with E-state index in [1.54, 1.807) is 11.8 Å². The van der Waals surface area contributed by atoms with E-state index in [1.807, 2.05) is 48.5 Å². The van der Waals surface area contributed by atoms with Crippen molar-refractivity contribution in [3.63, 3.8) is 0 Å². The molecule has 0 N–H and O–H groups in total. The number of thioether (sulfide) groups is 1. The van der Waals surface area contributed by atoms with E-state index in [-0.39, 0.29) is 5.78 Å². The Bertz CT molecular complexity index is 549. The summed E-state index contributed by atoms with van der Waals surface area (Å²) in [7, 11) is 0. The first-order chi connectivity index (χ1) is 8.72. The molecule has 0 aliphatic carbocycles. The largest absolute Gasteiger partial charge is 0.289 e. The lowest BCUT2D eigenvalue weighted by molar-refractivity contribution is 0.103. The van der Waals surface area contributed by atoms with Crippen molar-refractivity contribution in [1.29, 1.82) is 0 Å². The first-order valence-corrected chi connectivity index (χ1v) is 7.52. The summed E-state index contributed by atoms with van der Waals surface area (Å²) in [6.45, 7) is 2.12. The van der Waals surface area contributed by atoms with Crippen LogP contribution in [-0.4, -0.2) is 11.5 Å². The van der Waals surface area contributed by atoms with Gasteiger partial charge >= 0.3 is 0 Å². The zero-order valence-electron chi connectivity index (χ0n) is 10.0. The Morgan fingerprint density at radius 2 is 1.78 bits per heavy atom. The minimum absolute atomic E-state index is 0.0514. The van der Waals surface area contributed by atoms with Crippen LogP contribution in [0.25, 0.3) is 0 Å². The van der Waals surface area contributed by atoms with E-state index in [9.17, 15) is 4.79 Å². The molecule has 0 unspecified atom stereocenters. The molecule has 0 radical (unpaired) electrons. The topological polar surface area (TPSA) is 17.1 Å². The third-order valence-corrected chi connectivity index (χ3v) is 4.13. The molecule has 0 bridgehead atoms. The molecule has 0 atom stereocenters. The van der Waals surface area contributed by atoms with Crippen LogP contribution in [0.3, 0.4) is 0 Å². The second-order valence-corrected chi connectivity index (χ2v) is 5.96. The number of halogens is 1. The number of rotatable bonds is 4. The highest BCUT2D eigenvalue weighted by atomic mass is 79.9. The van der Waals surface area contributed by atoms with Crippen LogP contribution in [-0.2, 0) is 0 Å². The molecular weight excluding hydrogens is 308 g/mol. The molecule has 2 aromatic rings. The quantitative estimate of drug-likeness (QED) is 0.595. The summed E-state index contributed by atoms with van der Waals surface area (Å²) < 4.78 is 0.835. The van der Waals surface area contributed by atoms with Gasteiger partial charge in [0.2, 0.25) is 0 Å². The highest BCUT2D eigenvalue weighted by molar-refractivity contribution is 9.10. The number of hydrogen-bond donors (Lipinski definition) is 0. The molecule has 2 aromatic carbocycles. The molecule has 1 nitrogen and oxygen atoms in total. The molecule has 0 amide bonds. The van der Waals surface area contributed by atoms with Crippen molar-refractivity contribution < 1.29 is 4.79 Å². The summed E-state index contributed by atoms with van der Waals surface area (Å²) in [4.78, 5) is 13.5. The van der Waals surface area contributed by atoms with E-state index in [2.05, 4.69) is 22.9 Å². The monoisotopic (exact) mass is 320 g/mol. The highest BCUT2D eigenvalue weighted by Crippen LogP contribution is 2.22. The lowest BCUT2D eigenvalue weighted by Gasteiger charge is -2.04. The van der Waals surface area contributed by atoms with Gasteiger partial charge in [-0.05, 0) is 42.2 Å². The maximum absolute atomic E-state index is 12.3. The zero-order valence-corrected chi connectivity index (χ0v) is 12.4. The van der Waals surface area contributed by atoms with Gasteiger partial charge in [0.25, 0.3) is 0 Å². The molecular formula is C15H13BrOS. The smallest absolute Gasteiger partial charge is 0.194 e. The lowest BCUT2D eigenvalue weighted by Crippen LogP contribution is -2.01. The summed E-state index contributed by atoms with van der Waals surface area (Å²) in [6.07, 6.45) is 0. The van der Waals surface area contributed by atoms with E-state index >= 15 is 0 Å². The van der Waals surface area contributed by atoms with Crippen molar-refractivity contribution in [1.82, 2.24) is 0 Å². The third kappa shape index (κ3) is 3.03. The first-order valence-electron chi connectivity index (χ1n) is 5.74. The fourth-order valence-electron chi connectivity index (χ4n) is 1.67. The van der Waals surface area contributed by atoms with Crippen LogP contribution in [0.1, 0.15) is 22.8 Å². The van der Waals surface area contributed by atoms with E-state index in [0.29, 0.717) is 5.56 Å². The number of benzene rings is 2. The van der Waals surface area contributed by atoms with Gasteiger partial charge in [-0.1, -0.05) is 35.0 Å². The Hall–Kier alpha value is -1.06. The van der Waals surface area contributed by atoms with Crippen molar-refractivity contribution in [2.75, 3.05) is 5.75 Å². The van der Waals surface area contributed by atoms with E-state index in [0.717, 1.165) is 15.8 Å². The van der Waals surface area contributed by atoms with Crippen molar-refractivity contribution >= 4 is 33.5 Å². The molecule has 0 aliphatic rings. The number of carbonyl (C=O) groups is 1. The Morgan fingerprint density at radius 3 is 2.39 bits per heavy atom. The molecule has 0 aliphatic heterocycles. The predicted molar refractivity (Wildman–Crippen MR) is 80.4 cm³/mol. The summed E-state index contributed by atoms with van der Waals surface area (Å²) in [5, 5.41) is 0. The van der Waals surface area contributed by atoms with E-state index in [4.69, 9.17) is 0 Å². The fraction of sp³-hybridized carbons (Fsp3) is 0.133. The zero-order chi connectivity index (χ0) is 13.0. The lowest BCUT2D eigenvalue weighted by atomic mass is 10.0. The van der Waals surface area contributed by atoms with E-state index in [1.165, 1.54) is 4.90 Å². The molecule has 18 heavy (non-hydrogen) atoms. The standard InChI is InChI=1S/C15H13BrOS/c1-2-18-12-9-7-11(8-10-12)15(17)13-5-3-4-6-14(13)16/h3-10H,2H2,1H3. The normalized spacial score (nSPS) is 10.3. The Morgan fingerprint density at radius 1 is 1.11 bits per heavy atom. The van der Waals surface area contributed by atoms with Crippen LogP contribution in [0.2, 0.25) is 0 Å². The molecule has 92 valence electrons. The second kappa shape index (κ2) is 6.21. The molecule has 3 heteroatoms. The average Bonchev–Trinajstić information content (AvgIpc) is 2.40. The Labute approximate surface area is 120 Å². The number of hydrogen-bond acceptors (Lipinski definition) is 2. The molecule has 2 rings (SSSR count). The number of ketones is 1. The van der Waals surface area contributed by atoms with Gasteiger partial charge in [0.15, 0.2) is 5.78 Å². The maximum Gasteiger partial charge on any atom is 0.194 e. The van der Waals surface area contributed by atoms with Gasteiger partial charge < -0.3 is 0 Å². The molecule has 0 fully saturated rings. The molecule has 0 spiro atoms. The summed E-state index contributed by atoms with van der Waals surface area (Å²) in [5.74, 6) is 1.09. The summed E-state index contributed by atoms with van der Waals surface area (Å²) >= 11 is 5.18. The van der Waals surface area contributed by atoms with Gasteiger partial charge in [-0.15, -0.1) is 11.8 Å². The highest BCUT2D eigenvalue weighted by Gasteiger charge is 2.11. The van der Waals surface area contributed by atoms with Gasteiger partial charge in [0.1, 0.15) is 0 Å². The van der Waals surface area contributed by atoms with Crippen molar-refractivity contribution in [2.24, 2.45) is 0 Å². The second-order valence-electron chi connectivity index (χ2n) is 3.77. The van der Waals surface area contributed by atoms with Crippen molar-refractivity contribution in [2.45, 2.75) is 11.8 Å². The SMILES string of the molecule is CCSc1ccc(C(=O)c2ccccc2Br)cc1. The first kappa shape index (κ1) is 13.4. The van der Waals surface area contributed by atoms with Gasteiger partial charge in [-0.3, -0.25) is 4.79 Å². The van der Waals surface area contributed by atoms with Crippen molar-refractivity contribution in [3.05, 3.63) is 64.1 Å². The van der Waals surface area contributed by atoms with Crippen LogP contribution < -0.4 is 0 Å². The molecule has 0 heterocycles. The minimum Gasteiger partial charge on any atom is -0.289 e. The van der Waals surface area contributed by atoms with Gasteiger partial charge in [-0.25, -0.2) is 0 Å². The van der Waals surface area contributed by atoms with Gasteiger partial charge in [0, 0.05) is 20.5 Å². The van der Waals surface area contributed by atoms with E-state index < -0.39 is 0 Å². The van der Waals surface area contributed by atoms with Gasteiger partial charge in [0.05, 0.1) is 0 Å². The molecule has 0 aromatic heterocycles. The van der Waals surface area contributed by atoms with Crippen LogP contribution in [0.5, 0.6) is 0 Å². The van der Waals surface area contributed by atoms with Crippen molar-refractivity contribution in [3.8, 4) is 0 Å². The predicted octanol–water partition coefficient (Wildman–Crippen LogP) is 4.79. The van der Waals surface area contributed by atoms with Crippen LogP contribution >= 0.6 is 27.7 Å². The fourth-order valence-corrected chi connectivity index (χ4v) is 2.80. The summed E-state index contributed by atoms with van der Waals surface area (Å²) in [5.41, 5.74) is 1.43. The Kier molecular flexibility index (Phi) is 4.61. The molecule has 0 saturated heterocycles.